The van der Waals surface area contributed by atoms with Gasteiger partial charge in [-0.25, -0.2) is 4.79 Å². The molecule has 0 radical (unpaired) electrons. The summed E-state index contributed by atoms with van der Waals surface area (Å²) in [6.45, 7) is 4.55. The quantitative estimate of drug-likeness (QED) is 0.679. The minimum absolute atomic E-state index is 0.192. The molecule has 2 rings (SSSR count). The van der Waals surface area contributed by atoms with Gasteiger partial charge < -0.3 is 24.3 Å². The van der Waals surface area contributed by atoms with Gasteiger partial charge >= 0.3 is 5.97 Å². The van der Waals surface area contributed by atoms with Crippen molar-refractivity contribution in [2.24, 2.45) is 0 Å². The molecule has 27 heavy (non-hydrogen) atoms. The summed E-state index contributed by atoms with van der Waals surface area (Å²) in [5, 5.41) is 2.76. The number of methoxy groups -OCH3 is 1. The second kappa shape index (κ2) is 10.1. The van der Waals surface area contributed by atoms with Gasteiger partial charge in [-0.2, -0.15) is 0 Å². The maximum atomic E-state index is 12.2. The third-order valence-corrected chi connectivity index (χ3v) is 3.48. The summed E-state index contributed by atoms with van der Waals surface area (Å²) < 4.78 is 21.1. The van der Waals surface area contributed by atoms with Crippen LogP contribution in [0.5, 0.6) is 17.2 Å². The number of anilines is 1. The fourth-order valence-corrected chi connectivity index (χ4v) is 2.28. The number of hydrogen-bond donors (Lipinski definition) is 1. The number of rotatable bonds is 9. The molecule has 144 valence electrons. The zero-order chi connectivity index (χ0) is 19.6. The van der Waals surface area contributed by atoms with Crippen LogP contribution in [0.25, 0.3) is 0 Å². The summed E-state index contributed by atoms with van der Waals surface area (Å²) in [6.07, 6.45) is 0. The third kappa shape index (κ3) is 5.91. The SMILES string of the molecule is CCOc1ccc(OCC)c(NC(=O)COc2ccc(C(=O)OC)cc2)c1. The first-order valence-electron chi connectivity index (χ1n) is 8.58. The Morgan fingerprint density at radius 3 is 2.19 bits per heavy atom. The number of nitrogens with one attached hydrogen (secondary N) is 1. The van der Waals surface area contributed by atoms with Gasteiger partial charge in [0, 0.05) is 6.07 Å². The Morgan fingerprint density at radius 2 is 1.56 bits per heavy atom. The minimum atomic E-state index is -0.433. The molecule has 0 spiro atoms. The lowest BCUT2D eigenvalue weighted by Crippen LogP contribution is -2.20. The molecule has 0 heterocycles. The van der Waals surface area contributed by atoms with E-state index in [1.807, 2.05) is 13.8 Å². The van der Waals surface area contributed by atoms with Gasteiger partial charge in [0.2, 0.25) is 0 Å². The Morgan fingerprint density at radius 1 is 0.889 bits per heavy atom. The molecule has 0 fully saturated rings. The van der Waals surface area contributed by atoms with Crippen molar-refractivity contribution in [2.75, 3.05) is 32.2 Å². The van der Waals surface area contributed by atoms with Gasteiger partial charge in [0.05, 0.1) is 31.6 Å². The number of amides is 1. The molecule has 0 saturated carbocycles. The average Bonchev–Trinajstić information content (AvgIpc) is 2.68. The monoisotopic (exact) mass is 373 g/mol. The molecule has 0 unspecified atom stereocenters. The highest BCUT2D eigenvalue weighted by molar-refractivity contribution is 5.93. The normalized spacial score (nSPS) is 10.0. The van der Waals surface area contributed by atoms with Crippen LogP contribution in [0.2, 0.25) is 0 Å². The number of carbonyl (C=O) groups is 2. The van der Waals surface area contributed by atoms with Gasteiger partial charge in [-0.05, 0) is 50.2 Å². The molecule has 0 aromatic heterocycles. The highest BCUT2D eigenvalue weighted by atomic mass is 16.5. The van der Waals surface area contributed by atoms with Crippen LogP contribution in [0.3, 0.4) is 0 Å². The predicted octanol–water partition coefficient (Wildman–Crippen LogP) is 3.29. The molecule has 2 aromatic rings. The molecule has 1 amide bonds. The fourth-order valence-electron chi connectivity index (χ4n) is 2.28. The number of benzene rings is 2. The molecule has 7 heteroatoms. The number of carbonyl (C=O) groups excluding carboxylic acids is 2. The smallest absolute Gasteiger partial charge is 0.337 e. The highest BCUT2D eigenvalue weighted by Gasteiger charge is 2.11. The zero-order valence-corrected chi connectivity index (χ0v) is 15.6. The van der Waals surface area contributed by atoms with Crippen molar-refractivity contribution in [1.29, 1.82) is 0 Å². The van der Waals surface area contributed by atoms with Crippen molar-refractivity contribution in [1.82, 2.24) is 0 Å². The maximum absolute atomic E-state index is 12.2. The fraction of sp³-hybridized carbons (Fsp3) is 0.300. The van der Waals surface area contributed by atoms with Gasteiger partial charge in [-0.3, -0.25) is 4.79 Å². The molecule has 0 bridgehead atoms. The van der Waals surface area contributed by atoms with Crippen LogP contribution in [0.15, 0.2) is 42.5 Å². The molecule has 0 saturated heterocycles. The zero-order valence-electron chi connectivity index (χ0n) is 15.6. The molecular weight excluding hydrogens is 350 g/mol. The van der Waals surface area contributed by atoms with Gasteiger partial charge in [0.15, 0.2) is 6.61 Å². The summed E-state index contributed by atoms with van der Waals surface area (Å²) in [7, 11) is 1.31. The van der Waals surface area contributed by atoms with Crippen LogP contribution < -0.4 is 19.5 Å². The van der Waals surface area contributed by atoms with Gasteiger partial charge in [-0.1, -0.05) is 0 Å². The molecule has 0 aliphatic rings. The first-order valence-corrected chi connectivity index (χ1v) is 8.58. The molecule has 2 aromatic carbocycles. The van der Waals surface area contributed by atoms with Crippen molar-refractivity contribution >= 4 is 17.6 Å². The number of esters is 1. The van der Waals surface area contributed by atoms with E-state index in [0.717, 1.165) is 0 Å². The van der Waals surface area contributed by atoms with Crippen LogP contribution in [0.4, 0.5) is 5.69 Å². The molecular formula is C20H23NO6. The van der Waals surface area contributed by atoms with Crippen LogP contribution in [0.1, 0.15) is 24.2 Å². The largest absolute Gasteiger partial charge is 0.494 e. The number of hydrogen-bond acceptors (Lipinski definition) is 6. The summed E-state index contributed by atoms with van der Waals surface area (Å²) in [4.78, 5) is 23.6. The summed E-state index contributed by atoms with van der Waals surface area (Å²) >= 11 is 0. The van der Waals surface area contributed by atoms with E-state index in [2.05, 4.69) is 10.1 Å². The molecule has 7 nitrogen and oxygen atoms in total. The van der Waals surface area contributed by atoms with Crippen molar-refractivity contribution in [2.45, 2.75) is 13.8 Å². The average molecular weight is 373 g/mol. The summed E-state index contributed by atoms with van der Waals surface area (Å²) in [6, 6.07) is 11.6. The van der Waals surface area contributed by atoms with Gasteiger partial charge in [0.1, 0.15) is 17.2 Å². The van der Waals surface area contributed by atoms with E-state index in [4.69, 9.17) is 14.2 Å². The van der Waals surface area contributed by atoms with Crippen molar-refractivity contribution in [3.05, 3.63) is 48.0 Å². The van der Waals surface area contributed by atoms with Crippen molar-refractivity contribution in [3.63, 3.8) is 0 Å². The lowest BCUT2D eigenvalue weighted by molar-refractivity contribution is -0.118. The summed E-state index contributed by atoms with van der Waals surface area (Å²) in [5.41, 5.74) is 0.917. The molecule has 0 aliphatic carbocycles. The molecule has 0 atom stereocenters. The highest BCUT2D eigenvalue weighted by Crippen LogP contribution is 2.29. The van der Waals surface area contributed by atoms with Gasteiger partial charge in [-0.15, -0.1) is 0 Å². The van der Waals surface area contributed by atoms with E-state index in [0.29, 0.717) is 41.7 Å². The standard InChI is InChI=1S/C20H23NO6/c1-4-25-16-10-11-18(26-5-2)17(12-16)21-19(22)13-27-15-8-6-14(7-9-15)20(23)24-3/h6-12H,4-5,13H2,1-3H3,(H,21,22). The third-order valence-electron chi connectivity index (χ3n) is 3.48. The Bertz CT molecular complexity index is 773. The van der Waals surface area contributed by atoms with E-state index in [1.165, 1.54) is 7.11 Å². The maximum Gasteiger partial charge on any atom is 0.337 e. The lowest BCUT2D eigenvalue weighted by atomic mass is 10.2. The van der Waals surface area contributed by atoms with E-state index < -0.39 is 5.97 Å². The van der Waals surface area contributed by atoms with Crippen LogP contribution in [0, 0.1) is 0 Å². The topological polar surface area (TPSA) is 83.1 Å². The Labute approximate surface area is 158 Å². The van der Waals surface area contributed by atoms with E-state index >= 15 is 0 Å². The van der Waals surface area contributed by atoms with Crippen LogP contribution in [-0.2, 0) is 9.53 Å². The van der Waals surface area contributed by atoms with E-state index in [1.54, 1.807) is 42.5 Å². The Kier molecular flexibility index (Phi) is 7.49. The first kappa shape index (κ1) is 20.1. The second-order valence-corrected chi connectivity index (χ2v) is 5.38. The predicted molar refractivity (Wildman–Crippen MR) is 101 cm³/mol. The summed E-state index contributed by atoms with van der Waals surface area (Å²) in [5.74, 6) is 0.872. The Hall–Kier alpha value is -3.22. The minimum Gasteiger partial charge on any atom is -0.494 e. The Balaban J connectivity index is 1.98. The van der Waals surface area contributed by atoms with Crippen LogP contribution >= 0.6 is 0 Å². The lowest BCUT2D eigenvalue weighted by Gasteiger charge is -2.14. The van der Waals surface area contributed by atoms with E-state index in [-0.39, 0.29) is 12.5 Å². The molecule has 0 aliphatic heterocycles. The van der Waals surface area contributed by atoms with Gasteiger partial charge in [0.25, 0.3) is 5.91 Å². The second-order valence-electron chi connectivity index (χ2n) is 5.38. The van der Waals surface area contributed by atoms with Crippen molar-refractivity contribution < 1.29 is 28.5 Å². The van der Waals surface area contributed by atoms with Crippen LogP contribution in [-0.4, -0.2) is 38.8 Å². The first-order chi connectivity index (χ1) is 13.1. The molecule has 1 N–H and O–H groups in total. The van der Waals surface area contributed by atoms with Crippen molar-refractivity contribution in [3.8, 4) is 17.2 Å². The number of ether oxygens (including phenoxy) is 4. The van der Waals surface area contributed by atoms with E-state index in [9.17, 15) is 9.59 Å².